The van der Waals surface area contributed by atoms with Crippen molar-refractivity contribution in [2.75, 3.05) is 0 Å². The van der Waals surface area contributed by atoms with Gasteiger partial charge in [0.25, 0.3) is 0 Å². The van der Waals surface area contributed by atoms with Crippen molar-refractivity contribution in [3.8, 4) is 22.3 Å². The molecule has 1 heteroatoms. The highest BCUT2D eigenvalue weighted by Gasteiger charge is 2.19. The zero-order valence-corrected chi connectivity index (χ0v) is 16.8. The lowest BCUT2D eigenvalue weighted by Crippen LogP contribution is -2.10. The smallest absolute Gasteiger partial charge is 0.150 e. The van der Waals surface area contributed by atoms with Crippen molar-refractivity contribution >= 4 is 6.29 Å². The van der Waals surface area contributed by atoms with Crippen molar-refractivity contribution in [2.45, 2.75) is 45.4 Å². The SMILES string of the molecule is Cc1cc(-c2ccc(C3CCC(C)CC3)cc2)ccc1-c1ccc(C=O)cc1. The van der Waals surface area contributed by atoms with Gasteiger partial charge < -0.3 is 0 Å². The molecule has 0 spiro atoms. The molecule has 1 nitrogen and oxygen atoms in total. The lowest BCUT2D eigenvalue weighted by Gasteiger charge is -2.26. The molecule has 0 aliphatic heterocycles. The molecule has 1 aliphatic carbocycles. The average Bonchev–Trinajstić information content (AvgIpc) is 2.74. The van der Waals surface area contributed by atoms with E-state index in [0.717, 1.165) is 23.7 Å². The molecule has 0 unspecified atom stereocenters. The Bertz CT molecular complexity index is 943. The number of aldehydes is 1. The molecule has 0 N–H and O–H groups in total. The van der Waals surface area contributed by atoms with E-state index in [9.17, 15) is 4.79 Å². The third kappa shape index (κ3) is 3.94. The van der Waals surface area contributed by atoms with Crippen LogP contribution in [-0.4, -0.2) is 6.29 Å². The Morgan fingerprint density at radius 2 is 1.36 bits per heavy atom. The Hall–Kier alpha value is -2.67. The number of hydrogen-bond acceptors (Lipinski definition) is 1. The first-order chi connectivity index (χ1) is 13.6. The van der Waals surface area contributed by atoms with Gasteiger partial charge in [-0.2, -0.15) is 0 Å². The predicted molar refractivity (Wildman–Crippen MR) is 118 cm³/mol. The van der Waals surface area contributed by atoms with Gasteiger partial charge >= 0.3 is 0 Å². The first kappa shape index (κ1) is 18.7. The molecular weight excluding hydrogens is 340 g/mol. The molecule has 3 aromatic carbocycles. The van der Waals surface area contributed by atoms with Gasteiger partial charge in [-0.25, -0.2) is 0 Å². The second-order valence-electron chi connectivity index (χ2n) is 8.35. The number of carbonyl (C=O) groups excluding carboxylic acids is 1. The summed E-state index contributed by atoms with van der Waals surface area (Å²) >= 11 is 0. The fourth-order valence-electron chi connectivity index (χ4n) is 4.45. The van der Waals surface area contributed by atoms with Crippen LogP contribution in [0.15, 0.2) is 66.7 Å². The molecule has 0 heterocycles. The van der Waals surface area contributed by atoms with E-state index in [2.05, 4.69) is 56.3 Å². The van der Waals surface area contributed by atoms with Crippen molar-refractivity contribution in [3.63, 3.8) is 0 Å². The van der Waals surface area contributed by atoms with Crippen molar-refractivity contribution in [3.05, 3.63) is 83.4 Å². The third-order valence-corrected chi connectivity index (χ3v) is 6.32. The van der Waals surface area contributed by atoms with Gasteiger partial charge in [-0.3, -0.25) is 4.79 Å². The molecule has 3 aromatic rings. The van der Waals surface area contributed by atoms with Crippen LogP contribution in [0.1, 0.15) is 60.0 Å². The van der Waals surface area contributed by atoms with Crippen LogP contribution in [0.4, 0.5) is 0 Å². The number of carbonyl (C=O) groups is 1. The molecule has 0 bridgehead atoms. The minimum Gasteiger partial charge on any atom is -0.298 e. The molecule has 28 heavy (non-hydrogen) atoms. The summed E-state index contributed by atoms with van der Waals surface area (Å²) in [6.45, 7) is 4.53. The Morgan fingerprint density at radius 1 is 0.750 bits per heavy atom. The van der Waals surface area contributed by atoms with Crippen LogP contribution >= 0.6 is 0 Å². The van der Waals surface area contributed by atoms with Crippen LogP contribution in [0, 0.1) is 12.8 Å². The van der Waals surface area contributed by atoms with Crippen molar-refractivity contribution < 1.29 is 4.79 Å². The van der Waals surface area contributed by atoms with E-state index in [1.807, 2.05) is 24.3 Å². The summed E-state index contributed by atoms with van der Waals surface area (Å²) in [4.78, 5) is 10.9. The van der Waals surface area contributed by atoms with Crippen LogP contribution in [-0.2, 0) is 0 Å². The van der Waals surface area contributed by atoms with Gasteiger partial charge in [0.1, 0.15) is 6.29 Å². The van der Waals surface area contributed by atoms with E-state index in [1.165, 1.54) is 53.5 Å². The molecule has 4 rings (SSSR count). The normalized spacial score (nSPS) is 19.4. The number of aryl methyl sites for hydroxylation is 1. The van der Waals surface area contributed by atoms with E-state index in [1.54, 1.807) is 0 Å². The summed E-state index contributed by atoms with van der Waals surface area (Å²) in [6, 6.07) is 23.7. The van der Waals surface area contributed by atoms with E-state index in [-0.39, 0.29) is 0 Å². The van der Waals surface area contributed by atoms with Crippen molar-refractivity contribution in [2.24, 2.45) is 5.92 Å². The first-order valence-corrected chi connectivity index (χ1v) is 10.4. The molecule has 0 saturated heterocycles. The zero-order valence-electron chi connectivity index (χ0n) is 16.8. The Labute approximate surface area is 168 Å². The van der Waals surface area contributed by atoms with Crippen LogP contribution in [0.3, 0.4) is 0 Å². The highest BCUT2D eigenvalue weighted by molar-refractivity contribution is 5.78. The summed E-state index contributed by atoms with van der Waals surface area (Å²) in [5.74, 6) is 1.63. The summed E-state index contributed by atoms with van der Waals surface area (Å²) < 4.78 is 0. The van der Waals surface area contributed by atoms with Crippen LogP contribution in [0.2, 0.25) is 0 Å². The molecule has 1 aliphatic rings. The second kappa shape index (κ2) is 8.14. The molecule has 0 amide bonds. The monoisotopic (exact) mass is 368 g/mol. The zero-order chi connectivity index (χ0) is 19.5. The molecule has 0 aromatic heterocycles. The summed E-state index contributed by atoms with van der Waals surface area (Å²) in [6.07, 6.45) is 6.27. The van der Waals surface area contributed by atoms with Gasteiger partial charge in [-0.1, -0.05) is 86.5 Å². The van der Waals surface area contributed by atoms with Gasteiger partial charge in [-0.15, -0.1) is 0 Å². The Morgan fingerprint density at radius 3 is 1.96 bits per heavy atom. The van der Waals surface area contributed by atoms with Gasteiger partial charge in [0, 0.05) is 5.56 Å². The molecule has 0 atom stereocenters. The standard InChI is InChI=1S/C27H28O/c1-19-3-7-22(8-4-19)23-11-13-24(14-12-23)26-15-16-27(20(2)17-26)25-9-5-21(18-28)6-10-25/h5-6,9-19,22H,3-4,7-8H2,1-2H3. The summed E-state index contributed by atoms with van der Waals surface area (Å²) in [7, 11) is 0. The predicted octanol–water partition coefficient (Wildman–Crippen LogP) is 7.44. The third-order valence-electron chi connectivity index (χ3n) is 6.32. The summed E-state index contributed by atoms with van der Waals surface area (Å²) in [5.41, 5.74) is 8.37. The number of rotatable bonds is 4. The minimum atomic E-state index is 0.713. The number of benzene rings is 3. The molecule has 1 saturated carbocycles. The fraction of sp³-hybridized carbons (Fsp3) is 0.296. The molecule has 0 radical (unpaired) electrons. The van der Waals surface area contributed by atoms with Crippen molar-refractivity contribution in [1.29, 1.82) is 0 Å². The molecule has 142 valence electrons. The first-order valence-electron chi connectivity index (χ1n) is 10.4. The topological polar surface area (TPSA) is 17.1 Å². The lowest BCUT2D eigenvalue weighted by molar-refractivity contribution is 0.112. The Balaban J connectivity index is 1.54. The van der Waals surface area contributed by atoms with Gasteiger partial charge in [-0.05, 0) is 65.0 Å². The quantitative estimate of drug-likeness (QED) is 0.437. The number of hydrogen-bond donors (Lipinski definition) is 0. The maximum absolute atomic E-state index is 10.9. The average molecular weight is 369 g/mol. The highest BCUT2D eigenvalue weighted by atomic mass is 16.1. The van der Waals surface area contributed by atoms with E-state index in [0.29, 0.717) is 5.56 Å². The van der Waals surface area contributed by atoms with E-state index >= 15 is 0 Å². The molecular formula is C27H28O. The van der Waals surface area contributed by atoms with Gasteiger partial charge in [0.15, 0.2) is 0 Å². The summed E-state index contributed by atoms with van der Waals surface area (Å²) in [5, 5.41) is 0. The van der Waals surface area contributed by atoms with E-state index < -0.39 is 0 Å². The second-order valence-corrected chi connectivity index (χ2v) is 8.35. The molecule has 1 fully saturated rings. The maximum atomic E-state index is 10.9. The largest absolute Gasteiger partial charge is 0.298 e. The highest BCUT2D eigenvalue weighted by Crippen LogP contribution is 2.36. The maximum Gasteiger partial charge on any atom is 0.150 e. The van der Waals surface area contributed by atoms with Crippen LogP contribution < -0.4 is 0 Å². The fourth-order valence-corrected chi connectivity index (χ4v) is 4.45. The lowest BCUT2D eigenvalue weighted by atomic mass is 9.79. The van der Waals surface area contributed by atoms with Crippen LogP contribution in [0.5, 0.6) is 0 Å². The van der Waals surface area contributed by atoms with Gasteiger partial charge in [0.05, 0.1) is 0 Å². The van der Waals surface area contributed by atoms with Crippen LogP contribution in [0.25, 0.3) is 22.3 Å². The Kier molecular flexibility index (Phi) is 5.43. The van der Waals surface area contributed by atoms with Crippen molar-refractivity contribution in [1.82, 2.24) is 0 Å². The minimum absolute atomic E-state index is 0.713. The van der Waals surface area contributed by atoms with Gasteiger partial charge in [0.2, 0.25) is 0 Å². The van der Waals surface area contributed by atoms with E-state index in [4.69, 9.17) is 0 Å².